The molecule has 0 spiro atoms. The molecule has 0 aliphatic rings. The van der Waals surface area contributed by atoms with Crippen molar-refractivity contribution in [3.63, 3.8) is 0 Å². The van der Waals surface area contributed by atoms with Crippen LogP contribution in [0.15, 0.2) is 72.8 Å². The van der Waals surface area contributed by atoms with E-state index in [-0.39, 0.29) is 17.1 Å². The number of ketones is 1. The molecule has 3 aromatic carbocycles. The maximum Gasteiger partial charge on any atom is 0.347 e. The fourth-order valence-electron chi connectivity index (χ4n) is 2.82. The lowest BCUT2D eigenvalue weighted by molar-refractivity contribution is -0.152. The first-order valence-corrected chi connectivity index (χ1v) is 9.72. The van der Waals surface area contributed by atoms with E-state index in [1.165, 1.54) is 27.0 Å². The summed E-state index contributed by atoms with van der Waals surface area (Å²) in [6, 6.07) is 21.3. The second-order valence-corrected chi connectivity index (χ2v) is 7.41. The van der Waals surface area contributed by atoms with Gasteiger partial charge in [-0.1, -0.05) is 30.3 Å². The highest BCUT2D eigenvalue weighted by atomic mass is 16.5. The molecule has 0 bridgehead atoms. The van der Waals surface area contributed by atoms with Crippen LogP contribution >= 0.6 is 0 Å². The lowest BCUT2D eigenvalue weighted by atomic mass is 10.0. The average molecular weight is 420 g/mol. The molecule has 0 atom stereocenters. The van der Waals surface area contributed by atoms with E-state index < -0.39 is 11.6 Å². The number of carboxylic acid groups (broad SMARTS) is 1. The molecule has 0 fully saturated rings. The Bertz CT molecular complexity index is 1060. The number of carboxylic acids is 1. The van der Waals surface area contributed by atoms with Gasteiger partial charge >= 0.3 is 5.97 Å². The number of aliphatic carboxylic acids is 1. The number of methoxy groups -OCH3 is 1. The zero-order chi connectivity index (χ0) is 22.4. The van der Waals surface area contributed by atoms with E-state index in [9.17, 15) is 14.7 Å². The van der Waals surface area contributed by atoms with Gasteiger partial charge < -0.3 is 19.3 Å². The molecule has 0 heterocycles. The number of ether oxygens (including phenoxy) is 3. The second-order valence-electron chi connectivity index (χ2n) is 7.41. The third-order valence-corrected chi connectivity index (χ3v) is 4.68. The number of carbonyl (C=O) groups is 2. The van der Waals surface area contributed by atoms with Crippen LogP contribution in [0.4, 0.5) is 0 Å². The smallest absolute Gasteiger partial charge is 0.347 e. The Kier molecular flexibility index (Phi) is 6.60. The Morgan fingerprint density at radius 1 is 0.903 bits per heavy atom. The minimum absolute atomic E-state index is 0.140. The van der Waals surface area contributed by atoms with Crippen molar-refractivity contribution in [2.24, 2.45) is 0 Å². The van der Waals surface area contributed by atoms with Crippen LogP contribution in [0.25, 0.3) is 0 Å². The van der Waals surface area contributed by atoms with E-state index >= 15 is 0 Å². The third kappa shape index (κ3) is 5.42. The summed E-state index contributed by atoms with van der Waals surface area (Å²) in [6.07, 6.45) is 0. The molecule has 0 saturated carbocycles. The Labute approximate surface area is 181 Å². The van der Waals surface area contributed by atoms with Crippen LogP contribution in [0, 0.1) is 0 Å². The normalized spacial score (nSPS) is 10.9. The molecule has 0 aliphatic heterocycles. The van der Waals surface area contributed by atoms with Crippen molar-refractivity contribution < 1.29 is 28.9 Å². The summed E-state index contributed by atoms with van der Waals surface area (Å²) in [5.41, 5.74) is 0.197. The predicted octanol–water partition coefficient (Wildman–Crippen LogP) is 4.75. The SMILES string of the molecule is COc1ccc(C(=O)c2ccc(OCc3ccccc3)cc2)c(OC(C)(C)C(=O)O)c1. The molecule has 3 rings (SSSR count). The van der Waals surface area contributed by atoms with E-state index in [1.54, 1.807) is 36.4 Å². The first kappa shape index (κ1) is 21.9. The molecule has 0 amide bonds. The zero-order valence-corrected chi connectivity index (χ0v) is 17.6. The van der Waals surface area contributed by atoms with Crippen LogP contribution in [0.3, 0.4) is 0 Å². The maximum absolute atomic E-state index is 13.1. The lowest BCUT2D eigenvalue weighted by Crippen LogP contribution is -2.38. The van der Waals surface area contributed by atoms with Crippen molar-refractivity contribution >= 4 is 11.8 Å². The van der Waals surface area contributed by atoms with Gasteiger partial charge in [0.15, 0.2) is 11.4 Å². The summed E-state index contributed by atoms with van der Waals surface area (Å²) in [5.74, 6) is -0.209. The first-order valence-electron chi connectivity index (χ1n) is 9.72. The summed E-state index contributed by atoms with van der Waals surface area (Å²) in [6.45, 7) is 3.26. The Hall–Kier alpha value is -3.80. The largest absolute Gasteiger partial charge is 0.497 e. The molecule has 31 heavy (non-hydrogen) atoms. The molecular weight excluding hydrogens is 396 g/mol. The van der Waals surface area contributed by atoms with Crippen LogP contribution in [0.5, 0.6) is 17.2 Å². The summed E-state index contributed by atoms with van der Waals surface area (Å²) >= 11 is 0. The van der Waals surface area contributed by atoms with Crippen molar-refractivity contribution in [3.8, 4) is 17.2 Å². The van der Waals surface area contributed by atoms with Crippen molar-refractivity contribution in [2.45, 2.75) is 26.1 Å². The summed E-state index contributed by atoms with van der Waals surface area (Å²) in [4.78, 5) is 24.6. The van der Waals surface area contributed by atoms with E-state index in [1.807, 2.05) is 30.3 Å². The van der Waals surface area contributed by atoms with Gasteiger partial charge in [-0.25, -0.2) is 4.79 Å². The Balaban J connectivity index is 1.81. The molecule has 0 saturated heterocycles. The molecular formula is C25H24O6. The van der Waals surface area contributed by atoms with Crippen LogP contribution in [-0.4, -0.2) is 29.6 Å². The summed E-state index contributed by atoms with van der Waals surface area (Å²) in [7, 11) is 1.48. The molecule has 6 heteroatoms. The number of hydrogen-bond acceptors (Lipinski definition) is 5. The minimum Gasteiger partial charge on any atom is -0.497 e. The van der Waals surface area contributed by atoms with Gasteiger partial charge in [-0.05, 0) is 55.8 Å². The monoisotopic (exact) mass is 420 g/mol. The number of carbonyl (C=O) groups excluding carboxylic acids is 1. The van der Waals surface area contributed by atoms with E-state index in [2.05, 4.69) is 0 Å². The van der Waals surface area contributed by atoms with E-state index in [4.69, 9.17) is 14.2 Å². The second kappa shape index (κ2) is 9.34. The maximum atomic E-state index is 13.1. The third-order valence-electron chi connectivity index (χ3n) is 4.68. The van der Waals surface area contributed by atoms with Crippen LogP contribution in [0.2, 0.25) is 0 Å². The van der Waals surface area contributed by atoms with Crippen LogP contribution in [-0.2, 0) is 11.4 Å². The molecule has 0 radical (unpaired) electrons. The molecule has 6 nitrogen and oxygen atoms in total. The highest BCUT2D eigenvalue weighted by Crippen LogP contribution is 2.30. The van der Waals surface area contributed by atoms with Gasteiger partial charge in [-0.15, -0.1) is 0 Å². The van der Waals surface area contributed by atoms with Gasteiger partial charge in [0, 0.05) is 11.6 Å². The van der Waals surface area contributed by atoms with E-state index in [0.717, 1.165) is 5.56 Å². The highest BCUT2D eigenvalue weighted by Gasteiger charge is 2.31. The molecule has 160 valence electrons. The molecule has 0 aliphatic carbocycles. The fourth-order valence-corrected chi connectivity index (χ4v) is 2.82. The number of hydrogen-bond donors (Lipinski definition) is 1. The van der Waals surface area contributed by atoms with Crippen molar-refractivity contribution in [2.75, 3.05) is 7.11 Å². The lowest BCUT2D eigenvalue weighted by Gasteiger charge is -2.23. The van der Waals surface area contributed by atoms with Crippen molar-refractivity contribution in [1.82, 2.24) is 0 Å². The average Bonchev–Trinajstić information content (AvgIpc) is 2.78. The molecule has 1 N–H and O–H groups in total. The van der Waals surface area contributed by atoms with Gasteiger partial charge in [-0.3, -0.25) is 4.79 Å². The van der Waals surface area contributed by atoms with Crippen molar-refractivity contribution in [1.29, 1.82) is 0 Å². The predicted molar refractivity (Wildman–Crippen MR) is 116 cm³/mol. The minimum atomic E-state index is -1.52. The van der Waals surface area contributed by atoms with Gasteiger partial charge in [0.2, 0.25) is 0 Å². The first-order chi connectivity index (χ1) is 14.8. The number of benzene rings is 3. The van der Waals surface area contributed by atoms with Gasteiger partial charge in [0.05, 0.1) is 12.7 Å². The van der Waals surface area contributed by atoms with Gasteiger partial charge in [0.25, 0.3) is 0 Å². The van der Waals surface area contributed by atoms with Gasteiger partial charge in [0.1, 0.15) is 23.9 Å². The van der Waals surface area contributed by atoms with Crippen LogP contribution < -0.4 is 14.2 Å². The topological polar surface area (TPSA) is 82.1 Å². The molecule has 3 aromatic rings. The van der Waals surface area contributed by atoms with Crippen molar-refractivity contribution in [3.05, 3.63) is 89.5 Å². The van der Waals surface area contributed by atoms with Crippen LogP contribution in [0.1, 0.15) is 35.3 Å². The fraction of sp³-hybridized carbons (Fsp3) is 0.200. The van der Waals surface area contributed by atoms with E-state index in [0.29, 0.717) is 23.7 Å². The molecule has 0 unspecified atom stereocenters. The zero-order valence-electron chi connectivity index (χ0n) is 17.6. The number of rotatable bonds is 9. The summed E-state index contributed by atoms with van der Waals surface area (Å²) < 4.78 is 16.6. The summed E-state index contributed by atoms with van der Waals surface area (Å²) in [5, 5.41) is 9.38. The Morgan fingerprint density at radius 3 is 2.16 bits per heavy atom. The highest BCUT2D eigenvalue weighted by molar-refractivity contribution is 6.11. The Morgan fingerprint density at radius 2 is 1.55 bits per heavy atom. The quantitative estimate of drug-likeness (QED) is 0.503. The molecule has 0 aromatic heterocycles. The standard InChI is InChI=1S/C25H24O6/c1-25(2,24(27)28)31-22-15-20(29-3)13-14-21(22)23(26)18-9-11-19(12-10-18)30-16-17-7-5-4-6-8-17/h4-15H,16H2,1-3H3,(H,27,28). The van der Waals surface area contributed by atoms with Gasteiger partial charge in [-0.2, -0.15) is 0 Å².